The number of pyridine rings is 1. The summed E-state index contributed by atoms with van der Waals surface area (Å²) in [7, 11) is 0. The van der Waals surface area contributed by atoms with Gasteiger partial charge in [-0.3, -0.25) is 0 Å². The quantitative estimate of drug-likeness (QED) is 0.700. The first kappa shape index (κ1) is 17.2. The van der Waals surface area contributed by atoms with Gasteiger partial charge in [0.25, 0.3) is 0 Å². The Labute approximate surface area is 143 Å². The highest BCUT2D eigenvalue weighted by Gasteiger charge is 2.30. The van der Waals surface area contributed by atoms with E-state index in [1.165, 1.54) is 18.3 Å². The van der Waals surface area contributed by atoms with E-state index in [0.717, 1.165) is 23.5 Å². The van der Waals surface area contributed by atoms with Gasteiger partial charge in [0, 0.05) is 5.56 Å². The number of hydrogen-bond donors (Lipinski definition) is 1. The summed E-state index contributed by atoms with van der Waals surface area (Å²) >= 11 is 1.05. The zero-order chi connectivity index (χ0) is 18.2. The highest BCUT2D eigenvalue weighted by atomic mass is 32.1. The lowest BCUT2D eigenvalue weighted by atomic mass is 10.1. The van der Waals surface area contributed by atoms with Crippen LogP contribution in [0.15, 0.2) is 30.5 Å². The van der Waals surface area contributed by atoms with E-state index in [0.29, 0.717) is 20.8 Å². The molecular weight excluding hydrogens is 357 g/mol. The predicted molar refractivity (Wildman–Crippen MR) is 85.5 cm³/mol. The molecule has 0 saturated carbocycles. The van der Waals surface area contributed by atoms with Crippen LogP contribution in [0.2, 0.25) is 0 Å². The summed E-state index contributed by atoms with van der Waals surface area (Å²) in [5.41, 5.74) is -0.180. The fraction of sp³-hybridized carbons (Fsp3) is 0.188. The first-order valence-electron chi connectivity index (χ1n) is 7.14. The molecular formula is C16H11F3N2O3S. The van der Waals surface area contributed by atoms with Crippen LogP contribution in [0.3, 0.4) is 0 Å². The van der Waals surface area contributed by atoms with Crippen LogP contribution in [0.4, 0.5) is 13.2 Å². The van der Waals surface area contributed by atoms with E-state index in [4.69, 9.17) is 4.74 Å². The van der Waals surface area contributed by atoms with Crippen molar-refractivity contribution in [2.75, 3.05) is 6.61 Å². The van der Waals surface area contributed by atoms with E-state index in [1.807, 2.05) is 0 Å². The minimum Gasteiger partial charge on any atom is -0.504 e. The summed E-state index contributed by atoms with van der Waals surface area (Å²) in [6.45, 7) is 1.76. The van der Waals surface area contributed by atoms with Gasteiger partial charge in [-0.25, -0.2) is 14.8 Å². The van der Waals surface area contributed by atoms with E-state index in [2.05, 4.69) is 9.97 Å². The maximum absolute atomic E-state index is 12.6. The zero-order valence-electron chi connectivity index (χ0n) is 12.8. The molecule has 0 bridgehead atoms. The number of fused-ring (bicyclic) bond motifs is 1. The van der Waals surface area contributed by atoms with Gasteiger partial charge >= 0.3 is 12.1 Å². The molecule has 0 aliphatic heterocycles. The van der Waals surface area contributed by atoms with Crippen LogP contribution in [0.25, 0.3) is 20.8 Å². The summed E-state index contributed by atoms with van der Waals surface area (Å²) in [6, 6.07) is 4.53. The van der Waals surface area contributed by atoms with Crippen molar-refractivity contribution in [2.24, 2.45) is 0 Å². The number of ether oxygens (including phenoxy) is 1. The molecule has 0 amide bonds. The van der Waals surface area contributed by atoms with E-state index in [9.17, 15) is 23.1 Å². The molecule has 2 heterocycles. The van der Waals surface area contributed by atoms with Gasteiger partial charge in [-0.1, -0.05) is 12.1 Å². The molecule has 0 atom stereocenters. The number of hydrogen-bond acceptors (Lipinski definition) is 6. The van der Waals surface area contributed by atoms with E-state index in [1.54, 1.807) is 6.92 Å². The van der Waals surface area contributed by atoms with Crippen LogP contribution < -0.4 is 0 Å². The number of halogens is 3. The largest absolute Gasteiger partial charge is 0.504 e. The first-order chi connectivity index (χ1) is 11.8. The van der Waals surface area contributed by atoms with E-state index in [-0.39, 0.29) is 18.1 Å². The topological polar surface area (TPSA) is 72.3 Å². The third-order valence-corrected chi connectivity index (χ3v) is 4.46. The highest BCUT2D eigenvalue weighted by Crippen LogP contribution is 2.37. The van der Waals surface area contributed by atoms with Gasteiger partial charge in [0.1, 0.15) is 15.2 Å². The number of esters is 1. The summed E-state index contributed by atoms with van der Waals surface area (Å²) < 4.78 is 43.0. The Morgan fingerprint density at radius 3 is 2.56 bits per heavy atom. The minimum atomic E-state index is -4.41. The van der Waals surface area contributed by atoms with Crippen molar-refractivity contribution < 1.29 is 27.8 Å². The Hall–Kier alpha value is -2.68. The molecule has 1 N–H and O–H groups in total. The molecule has 0 saturated heterocycles. The van der Waals surface area contributed by atoms with Crippen LogP contribution in [-0.2, 0) is 10.9 Å². The molecule has 2 aromatic heterocycles. The lowest BCUT2D eigenvalue weighted by Gasteiger charge is -2.06. The Balaban J connectivity index is 2.01. The number of aromatic nitrogens is 2. The summed E-state index contributed by atoms with van der Waals surface area (Å²) in [5, 5.41) is 10.6. The highest BCUT2D eigenvalue weighted by molar-refractivity contribution is 7.22. The fourth-order valence-electron chi connectivity index (χ4n) is 2.16. The Bertz CT molecular complexity index is 936. The van der Waals surface area contributed by atoms with Gasteiger partial charge in [-0.2, -0.15) is 13.2 Å². The molecule has 0 fully saturated rings. The lowest BCUT2D eigenvalue weighted by Crippen LogP contribution is -2.07. The van der Waals surface area contributed by atoms with Crippen LogP contribution in [0.1, 0.15) is 23.0 Å². The Morgan fingerprint density at radius 2 is 1.96 bits per heavy atom. The first-order valence-corrected chi connectivity index (χ1v) is 7.96. The van der Waals surface area contributed by atoms with Crippen molar-refractivity contribution in [1.29, 1.82) is 0 Å². The summed E-state index contributed by atoms with van der Waals surface area (Å²) in [4.78, 5) is 19.8. The molecule has 0 unspecified atom stereocenters. The second-order valence-corrected chi connectivity index (χ2v) is 5.98. The number of benzene rings is 1. The van der Waals surface area contributed by atoms with Gasteiger partial charge in [-0.05, 0) is 19.1 Å². The van der Waals surface area contributed by atoms with Crippen molar-refractivity contribution in [3.63, 3.8) is 0 Å². The lowest BCUT2D eigenvalue weighted by molar-refractivity contribution is -0.137. The number of aromatic hydroxyl groups is 1. The molecule has 3 rings (SSSR count). The zero-order valence-corrected chi connectivity index (χ0v) is 13.6. The van der Waals surface area contributed by atoms with Gasteiger partial charge in [0.2, 0.25) is 0 Å². The molecule has 1 aromatic carbocycles. The molecule has 3 aromatic rings. The molecule has 130 valence electrons. The number of carbonyl (C=O) groups excluding carboxylic acids is 1. The molecule has 9 heteroatoms. The number of nitrogens with zero attached hydrogens (tertiary/aromatic N) is 2. The third-order valence-electron chi connectivity index (χ3n) is 3.34. The molecule has 5 nitrogen and oxygen atoms in total. The van der Waals surface area contributed by atoms with Crippen LogP contribution in [-0.4, -0.2) is 27.7 Å². The summed E-state index contributed by atoms with van der Waals surface area (Å²) in [6.07, 6.45) is -3.10. The van der Waals surface area contributed by atoms with Gasteiger partial charge in [-0.15, -0.1) is 11.3 Å². The average Bonchev–Trinajstić information content (AvgIpc) is 3.00. The molecule has 0 aliphatic carbocycles. The standard InChI is InChI=1S/C16H11F3N2O3S/c1-2-24-15(23)11-12(22)13-10(7-20-11)21-14(25-13)8-3-5-9(6-4-8)16(17,18)19/h3-7,22H,2H2,1H3. The molecule has 0 aliphatic rings. The van der Waals surface area contributed by atoms with Gasteiger partial charge < -0.3 is 9.84 Å². The monoisotopic (exact) mass is 368 g/mol. The molecule has 25 heavy (non-hydrogen) atoms. The van der Waals surface area contributed by atoms with Crippen LogP contribution in [0, 0.1) is 0 Å². The average molecular weight is 368 g/mol. The van der Waals surface area contributed by atoms with Crippen molar-refractivity contribution in [2.45, 2.75) is 13.1 Å². The Kier molecular flexibility index (Phi) is 4.34. The Morgan fingerprint density at radius 1 is 1.28 bits per heavy atom. The van der Waals surface area contributed by atoms with Crippen molar-refractivity contribution >= 4 is 27.5 Å². The predicted octanol–water partition coefficient (Wildman–Crippen LogP) is 4.26. The number of thiazole rings is 1. The van der Waals surface area contributed by atoms with Gasteiger partial charge in [0.05, 0.1) is 18.4 Å². The van der Waals surface area contributed by atoms with E-state index < -0.39 is 17.7 Å². The molecule has 0 radical (unpaired) electrons. The summed E-state index contributed by atoms with van der Waals surface area (Å²) in [5.74, 6) is -1.11. The second-order valence-electron chi connectivity index (χ2n) is 4.98. The maximum atomic E-state index is 12.6. The SMILES string of the molecule is CCOC(=O)c1ncc2nc(-c3ccc(C(F)(F)F)cc3)sc2c1O. The smallest absolute Gasteiger partial charge is 0.416 e. The maximum Gasteiger partial charge on any atom is 0.416 e. The third kappa shape index (κ3) is 3.27. The van der Waals surface area contributed by atoms with Crippen molar-refractivity contribution in [1.82, 2.24) is 9.97 Å². The number of alkyl halides is 3. The second kappa shape index (κ2) is 6.32. The van der Waals surface area contributed by atoms with Crippen molar-refractivity contribution in [3.05, 3.63) is 41.7 Å². The molecule has 0 spiro atoms. The van der Waals surface area contributed by atoms with Crippen molar-refractivity contribution in [3.8, 4) is 16.3 Å². The number of carbonyl (C=O) groups is 1. The number of rotatable bonds is 3. The van der Waals surface area contributed by atoms with E-state index >= 15 is 0 Å². The minimum absolute atomic E-state index is 0.136. The normalized spacial score (nSPS) is 11.7. The van der Waals surface area contributed by atoms with Crippen LogP contribution >= 0.6 is 11.3 Å². The van der Waals surface area contributed by atoms with Crippen LogP contribution in [0.5, 0.6) is 5.75 Å². The van der Waals surface area contributed by atoms with Gasteiger partial charge in [0.15, 0.2) is 11.4 Å². The fourth-order valence-corrected chi connectivity index (χ4v) is 3.15.